The number of piperidine rings is 1. The maximum atomic E-state index is 12.9. The van der Waals surface area contributed by atoms with Crippen LogP contribution in [0.1, 0.15) is 43.7 Å². The van der Waals surface area contributed by atoms with Gasteiger partial charge in [-0.05, 0) is 48.6 Å². The van der Waals surface area contributed by atoms with Gasteiger partial charge in [0.15, 0.2) is 0 Å². The highest BCUT2D eigenvalue weighted by Gasteiger charge is 2.33. The molecule has 1 heterocycles. The molecule has 152 valence electrons. The maximum Gasteiger partial charge on any atom is 0.244 e. The molecular formula is C22H25N3O3S. The van der Waals surface area contributed by atoms with Gasteiger partial charge in [-0.3, -0.25) is 4.79 Å². The standard InChI is InChI=1S/C22H25N3O3S/c1-16(2)17-7-9-20(10-8-17)24-22(26)18-11-13-25(14-12-18)29(27,28)21-6-4-3-5-19(21)15-23/h3-10,16,18H,11-14H2,1-2H3,(H,24,26). The molecule has 3 rings (SSSR count). The maximum absolute atomic E-state index is 12.9. The second-order valence-electron chi connectivity index (χ2n) is 7.55. The van der Waals surface area contributed by atoms with Gasteiger partial charge in [0.25, 0.3) is 0 Å². The fourth-order valence-electron chi connectivity index (χ4n) is 3.48. The zero-order valence-electron chi connectivity index (χ0n) is 16.6. The lowest BCUT2D eigenvalue weighted by Crippen LogP contribution is -2.41. The Bertz CT molecular complexity index is 1020. The lowest BCUT2D eigenvalue weighted by Gasteiger charge is -2.30. The summed E-state index contributed by atoms with van der Waals surface area (Å²) in [6.45, 7) is 4.74. The lowest BCUT2D eigenvalue weighted by atomic mass is 9.97. The fraction of sp³-hybridized carbons (Fsp3) is 0.364. The summed E-state index contributed by atoms with van der Waals surface area (Å²) in [7, 11) is -3.75. The minimum absolute atomic E-state index is 0.0237. The van der Waals surface area contributed by atoms with Crippen LogP contribution < -0.4 is 5.32 Å². The fourth-order valence-corrected chi connectivity index (χ4v) is 5.09. The van der Waals surface area contributed by atoms with Crippen molar-refractivity contribution >= 4 is 21.6 Å². The van der Waals surface area contributed by atoms with Crippen molar-refractivity contribution in [1.29, 1.82) is 5.26 Å². The third kappa shape index (κ3) is 4.66. The number of sulfonamides is 1. The summed E-state index contributed by atoms with van der Waals surface area (Å²) < 4.78 is 27.2. The van der Waals surface area contributed by atoms with Crippen molar-refractivity contribution < 1.29 is 13.2 Å². The lowest BCUT2D eigenvalue weighted by molar-refractivity contribution is -0.120. The van der Waals surface area contributed by atoms with Crippen LogP contribution in [-0.4, -0.2) is 31.7 Å². The second kappa shape index (κ2) is 8.76. The van der Waals surface area contributed by atoms with Crippen molar-refractivity contribution in [3.63, 3.8) is 0 Å². The van der Waals surface area contributed by atoms with Gasteiger partial charge in [0.1, 0.15) is 6.07 Å². The SMILES string of the molecule is CC(C)c1ccc(NC(=O)C2CCN(S(=O)(=O)c3ccccc3C#N)CC2)cc1. The summed E-state index contributed by atoms with van der Waals surface area (Å²) in [5, 5.41) is 12.1. The van der Waals surface area contributed by atoms with E-state index >= 15 is 0 Å². The van der Waals surface area contributed by atoms with Crippen molar-refractivity contribution in [3.8, 4) is 6.07 Å². The normalized spacial score (nSPS) is 15.8. The molecule has 29 heavy (non-hydrogen) atoms. The van der Waals surface area contributed by atoms with Gasteiger partial charge in [-0.15, -0.1) is 0 Å². The molecule has 1 amide bonds. The number of nitrogens with one attached hydrogen (secondary N) is 1. The van der Waals surface area contributed by atoms with E-state index < -0.39 is 10.0 Å². The van der Waals surface area contributed by atoms with Gasteiger partial charge in [0.2, 0.25) is 15.9 Å². The van der Waals surface area contributed by atoms with Crippen LogP contribution in [0, 0.1) is 17.2 Å². The van der Waals surface area contributed by atoms with Gasteiger partial charge in [-0.25, -0.2) is 8.42 Å². The van der Waals surface area contributed by atoms with Gasteiger partial charge in [-0.1, -0.05) is 38.1 Å². The molecule has 0 atom stereocenters. The molecule has 0 bridgehead atoms. The topological polar surface area (TPSA) is 90.3 Å². The first kappa shape index (κ1) is 21.0. The summed E-state index contributed by atoms with van der Waals surface area (Å²) in [5.41, 5.74) is 2.09. The van der Waals surface area contributed by atoms with Crippen molar-refractivity contribution in [2.45, 2.75) is 37.5 Å². The zero-order chi connectivity index (χ0) is 21.0. The quantitative estimate of drug-likeness (QED) is 0.812. The number of rotatable bonds is 5. The van der Waals surface area contributed by atoms with E-state index in [-0.39, 0.29) is 35.4 Å². The summed E-state index contributed by atoms with van der Waals surface area (Å²) >= 11 is 0. The molecular weight excluding hydrogens is 386 g/mol. The van der Waals surface area contributed by atoms with Crippen molar-refractivity contribution in [1.82, 2.24) is 4.31 Å². The first-order valence-electron chi connectivity index (χ1n) is 9.73. The van der Waals surface area contributed by atoms with E-state index in [4.69, 9.17) is 0 Å². The van der Waals surface area contributed by atoms with Gasteiger partial charge < -0.3 is 5.32 Å². The molecule has 0 radical (unpaired) electrons. The van der Waals surface area contributed by atoms with Crippen LogP contribution in [-0.2, 0) is 14.8 Å². The molecule has 0 saturated carbocycles. The number of carbonyl (C=O) groups is 1. The molecule has 1 aliphatic heterocycles. The monoisotopic (exact) mass is 411 g/mol. The molecule has 0 aliphatic carbocycles. The van der Waals surface area contributed by atoms with Crippen LogP contribution >= 0.6 is 0 Å². The number of nitriles is 1. The first-order valence-corrected chi connectivity index (χ1v) is 11.2. The summed E-state index contributed by atoms with van der Waals surface area (Å²) in [4.78, 5) is 12.6. The minimum Gasteiger partial charge on any atom is -0.326 e. The number of benzene rings is 2. The van der Waals surface area contributed by atoms with E-state index in [1.165, 1.54) is 22.0 Å². The third-order valence-electron chi connectivity index (χ3n) is 5.29. The van der Waals surface area contributed by atoms with Crippen LogP contribution in [0.25, 0.3) is 0 Å². The minimum atomic E-state index is -3.75. The van der Waals surface area contributed by atoms with Gasteiger partial charge >= 0.3 is 0 Å². The average Bonchev–Trinajstić information content (AvgIpc) is 2.74. The molecule has 1 saturated heterocycles. The van der Waals surface area contributed by atoms with E-state index in [0.717, 1.165) is 5.69 Å². The van der Waals surface area contributed by atoms with E-state index in [1.54, 1.807) is 12.1 Å². The molecule has 1 N–H and O–H groups in total. The number of amides is 1. The highest BCUT2D eigenvalue weighted by atomic mass is 32.2. The summed E-state index contributed by atoms with van der Waals surface area (Å²) in [5.74, 6) is 0.103. The Morgan fingerprint density at radius 1 is 1.10 bits per heavy atom. The Kier molecular flexibility index (Phi) is 6.36. The number of nitrogens with zero attached hydrogens (tertiary/aromatic N) is 2. The van der Waals surface area contributed by atoms with Crippen molar-refractivity contribution in [2.75, 3.05) is 18.4 Å². The van der Waals surface area contributed by atoms with E-state index in [0.29, 0.717) is 18.8 Å². The van der Waals surface area contributed by atoms with E-state index in [1.807, 2.05) is 30.3 Å². The Hall–Kier alpha value is -2.69. The highest BCUT2D eigenvalue weighted by molar-refractivity contribution is 7.89. The van der Waals surface area contributed by atoms with Crippen LogP contribution in [0.3, 0.4) is 0 Å². The smallest absolute Gasteiger partial charge is 0.244 e. The molecule has 2 aromatic rings. The van der Waals surface area contributed by atoms with Gasteiger partial charge in [0.05, 0.1) is 10.5 Å². The molecule has 0 aromatic heterocycles. The van der Waals surface area contributed by atoms with Crippen LogP contribution in [0.5, 0.6) is 0 Å². The summed E-state index contributed by atoms with van der Waals surface area (Å²) in [6, 6.07) is 15.9. The van der Waals surface area contributed by atoms with Crippen molar-refractivity contribution in [2.24, 2.45) is 5.92 Å². The van der Waals surface area contributed by atoms with Gasteiger partial charge in [0, 0.05) is 24.7 Å². The van der Waals surface area contributed by atoms with Crippen LogP contribution in [0.15, 0.2) is 53.4 Å². The highest BCUT2D eigenvalue weighted by Crippen LogP contribution is 2.26. The van der Waals surface area contributed by atoms with E-state index in [2.05, 4.69) is 19.2 Å². The van der Waals surface area contributed by atoms with Crippen LogP contribution in [0.4, 0.5) is 5.69 Å². The predicted octanol–water partition coefficient (Wildman–Crippen LogP) is 3.72. The average molecular weight is 412 g/mol. The molecule has 0 spiro atoms. The van der Waals surface area contributed by atoms with E-state index in [9.17, 15) is 18.5 Å². The predicted molar refractivity (Wildman–Crippen MR) is 112 cm³/mol. The second-order valence-corrected chi connectivity index (χ2v) is 9.46. The zero-order valence-corrected chi connectivity index (χ0v) is 17.4. The molecule has 1 aliphatic rings. The Morgan fingerprint density at radius 2 is 1.72 bits per heavy atom. The number of hydrogen-bond acceptors (Lipinski definition) is 4. The molecule has 7 heteroatoms. The van der Waals surface area contributed by atoms with Crippen molar-refractivity contribution in [3.05, 3.63) is 59.7 Å². The molecule has 2 aromatic carbocycles. The third-order valence-corrected chi connectivity index (χ3v) is 7.25. The van der Waals surface area contributed by atoms with Gasteiger partial charge in [-0.2, -0.15) is 9.57 Å². The molecule has 6 nitrogen and oxygen atoms in total. The Morgan fingerprint density at radius 3 is 2.31 bits per heavy atom. The number of carbonyl (C=O) groups excluding carboxylic acids is 1. The Balaban J connectivity index is 1.62. The molecule has 1 fully saturated rings. The number of hydrogen-bond donors (Lipinski definition) is 1. The Labute approximate surface area is 172 Å². The summed E-state index contributed by atoms with van der Waals surface area (Å²) in [6.07, 6.45) is 0.897. The molecule has 0 unspecified atom stereocenters. The van der Waals surface area contributed by atoms with Crippen LogP contribution in [0.2, 0.25) is 0 Å². The largest absolute Gasteiger partial charge is 0.326 e. The first-order chi connectivity index (χ1) is 13.8. The number of anilines is 1.